The molecule has 1 fully saturated rings. The third-order valence-electron chi connectivity index (χ3n) is 4.15. The molecule has 0 bridgehead atoms. The molecule has 3 rings (SSSR count). The van der Waals surface area contributed by atoms with Gasteiger partial charge in [0.25, 0.3) is 0 Å². The maximum absolute atomic E-state index is 14.3. The first-order valence-electron chi connectivity index (χ1n) is 7.79. The van der Waals surface area contributed by atoms with E-state index in [1.807, 2.05) is 36.0 Å². The molecule has 1 heterocycles. The van der Waals surface area contributed by atoms with Gasteiger partial charge in [-0.3, -0.25) is 0 Å². The van der Waals surface area contributed by atoms with E-state index in [9.17, 15) is 8.78 Å². The van der Waals surface area contributed by atoms with Crippen molar-refractivity contribution < 1.29 is 8.78 Å². The number of hydrogen-bond acceptors (Lipinski definition) is 4. The van der Waals surface area contributed by atoms with Gasteiger partial charge in [0.2, 0.25) is 0 Å². The second-order valence-electron chi connectivity index (χ2n) is 5.68. The van der Waals surface area contributed by atoms with Crippen molar-refractivity contribution in [3.05, 3.63) is 53.1 Å². The van der Waals surface area contributed by atoms with Gasteiger partial charge in [0.15, 0.2) is 5.82 Å². The van der Waals surface area contributed by atoms with Crippen molar-refractivity contribution in [3.8, 4) is 0 Å². The lowest BCUT2D eigenvalue weighted by atomic mass is 10.1. The Balaban J connectivity index is 1.84. The number of nitrogens with zero attached hydrogens (tertiary/aromatic N) is 1. The maximum atomic E-state index is 14.3. The minimum Gasteiger partial charge on any atom is -0.370 e. The van der Waals surface area contributed by atoms with E-state index >= 15 is 0 Å². The first-order chi connectivity index (χ1) is 11.6. The number of anilines is 3. The van der Waals surface area contributed by atoms with Crippen LogP contribution in [-0.4, -0.2) is 30.8 Å². The van der Waals surface area contributed by atoms with Crippen LogP contribution in [-0.2, 0) is 0 Å². The summed E-state index contributed by atoms with van der Waals surface area (Å²) >= 11 is 1.96. The van der Waals surface area contributed by atoms with Crippen molar-refractivity contribution >= 4 is 35.0 Å². The van der Waals surface area contributed by atoms with Crippen molar-refractivity contribution in [3.63, 3.8) is 0 Å². The summed E-state index contributed by atoms with van der Waals surface area (Å²) in [5, 5.41) is 10.3. The van der Waals surface area contributed by atoms with Gasteiger partial charge >= 0.3 is 0 Å². The summed E-state index contributed by atoms with van der Waals surface area (Å²) in [6.45, 7) is 3.45. The van der Waals surface area contributed by atoms with E-state index in [1.54, 1.807) is 0 Å². The fourth-order valence-electron chi connectivity index (χ4n) is 2.70. The van der Waals surface area contributed by atoms with Crippen molar-refractivity contribution in [2.75, 3.05) is 34.8 Å². The van der Waals surface area contributed by atoms with Gasteiger partial charge in [0, 0.05) is 53.3 Å². The third kappa shape index (κ3) is 3.38. The Morgan fingerprint density at radius 1 is 1.17 bits per heavy atom. The van der Waals surface area contributed by atoms with Gasteiger partial charge < -0.3 is 15.6 Å². The summed E-state index contributed by atoms with van der Waals surface area (Å²) in [6.07, 6.45) is 0.952. The summed E-state index contributed by atoms with van der Waals surface area (Å²) in [5.74, 6) is 0.950. The summed E-state index contributed by atoms with van der Waals surface area (Å²) < 4.78 is 28.0. The fourth-order valence-corrected chi connectivity index (χ4v) is 3.60. The molecule has 1 aliphatic rings. The van der Waals surface area contributed by atoms with Crippen LogP contribution in [0.4, 0.5) is 25.8 Å². The van der Waals surface area contributed by atoms with Crippen LogP contribution < -0.4 is 10.2 Å². The zero-order chi connectivity index (χ0) is 17.1. The highest BCUT2D eigenvalue weighted by Gasteiger charge is 2.15. The summed E-state index contributed by atoms with van der Waals surface area (Å²) in [6, 6.07) is 8.92. The number of nitrogens with one attached hydrogen (secondary N) is 2. The molecule has 1 saturated heterocycles. The Labute approximate surface area is 144 Å². The number of benzene rings is 2. The Morgan fingerprint density at radius 3 is 2.46 bits per heavy atom. The van der Waals surface area contributed by atoms with E-state index in [0.29, 0.717) is 5.69 Å². The molecule has 0 aliphatic carbocycles. The van der Waals surface area contributed by atoms with Crippen LogP contribution in [0.3, 0.4) is 0 Å². The fraction of sp³-hybridized carbons (Fsp3) is 0.278. The molecular formula is C18H19F2N3S. The maximum Gasteiger partial charge on any atom is 0.153 e. The highest BCUT2D eigenvalue weighted by Crippen LogP contribution is 2.29. The Morgan fingerprint density at radius 2 is 1.83 bits per heavy atom. The van der Waals surface area contributed by atoms with E-state index in [2.05, 4.69) is 10.2 Å². The SMILES string of the molecule is Cc1c(F)cc(C=N)c(Nc2ccc(N3CCSCC3)cc2)c1F. The zero-order valence-corrected chi connectivity index (χ0v) is 14.2. The van der Waals surface area contributed by atoms with Gasteiger partial charge in [-0.25, -0.2) is 8.78 Å². The van der Waals surface area contributed by atoms with Crippen LogP contribution >= 0.6 is 11.8 Å². The topological polar surface area (TPSA) is 39.1 Å². The van der Waals surface area contributed by atoms with Crippen molar-refractivity contribution in [1.82, 2.24) is 0 Å². The first-order valence-corrected chi connectivity index (χ1v) is 8.94. The number of halogens is 2. The standard InChI is InChI=1S/C18H19F2N3S/c1-12-16(19)10-13(11-21)18(17(12)20)22-14-2-4-15(5-3-14)23-6-8-24-9-7-23/h2-5,10-11,21-22H,6-9H2,1H3. The Hall–Kier alpha value is -2.08. The second-order valence-corrected chi connectivity index (χ2v) is 6.90. The molecule has 0 atom stereocenters. The quantitative estimate of drug-likeness (QED) is 0.796. The molecule has 3 nitrogen and oxygen atoms in total. The van der Waals surface area contributed by atoms with Crippen LogP contribution in [0.2, 0.25) is 0 Å². The number of hydrogen-bond donors (Lipinski definition) is 2. The lowest BCUT2D eigenvalue weighted by Gasteiger charge is -2.28. The molecule has 6 heteroatoms. The first kappa shape index (κ1) is 16.8. The molecule has 2 N–H and O–H groups in total. The van der Waals surface area contributed by atoms with E-state index in [0.717, 1.165) is 36.5 Å². The molecular weight excluding hydrogens is 328 g/mol. The van der Waals surface area contributed by atoms with Gasteiger partial charge in [-0.15, -0.1) is 0 Å². The Kier molecular flexibility index (Phi) is 5.04. The smallest absolute Gasteiger partial charge is 0.153 e. The molecule has 126 valence electrons. The van der Waals surface area contributed by atoms with Crippen LogP contribution in [0.5, 0.6) is 0 Å². The van der Waals surface area contributed by atoms with Crippen molar-refractivity contribution in [2.45, 2.75) is 6.92 Å². The molecule has 0 saturated carbocycles. The zero-order valence-electron chi connectivity index (χ0n) is 13.4. The van der Waals surface area contributed by atoms with Gasteiger partial charge in [0.1, 0.15) is 5.82 Å². The average Bonchev–Trinajstić information content (AvgIpc) is 2.63. The van der Waals surface area contributed by atoms with E-state index in [1.165, 1.54) is 13.0 Å². The van der Waals surface area contributed by atoms with Crippen LogP contribution in [0.15, 0.2) is 30.3 Å². The summed E-state index contributed by atoms with van der Waals surface area (Å²) in [4.78, 5) is 2.33. The highest BCUT2D eigenvalue weighted by molar-refractivity contribution is 7.99. The molecule has 0 radical (unpaired) electrons. The molecule has 2 aromatic rings. The van der Waals surface area contributed by atoms with E-state index in [-0.39, 0.29) is 16.8 Å². The average molecular weight is 347 g/mol. The van der Waals surface area contributed by atoms with E-state index in [4.69, 9.17) is 5.41 Å². The van der Waals surface area contributed by atoms with Crippen molar-refractivity contribution in [1.29, 1.82) is 5.41 Å². The molecule has 2 aromatic carbocycles. The molecule has 0 aromatic heterocycles. The summed E-state index contributed by atoms with van der Waals surface area (Å²) in [5.41, 5.74) is 2.12. The number of thioether (sulfide) groups is 1. The van der Waals surface area contributed by atoms with Gasteiger partial charge in [-0.05, 0) is 37.3 Å². The minimum atomic E-state index is -0.661. The second kappa shape index (κ2) is 7.21. The lowest BCUT2D eigenvalue weighted by Crippen LogP contribution is -2.32. The van der Waals surface area contributed by atoms with Crippen LogP contribution in [0.1, 0.15) is 11.1 Å². The van der Waals surface area contributed by atoms with Gasteiger partial charge in [-0.2, -0.15) is 11.8 Å². The molecule has 24 heavy (non-hydrogen) atoms. The molecule has 1 aliphatic heterocycles. The van der Waals surface area contributed by atoms with E-state index < -0.39 is 11.6 Å². The normalized spacial score (nSPS) is 14.5. The predicted molar refractivity (Wildman–Crippen MR) is 98.2 cm³/mol. The van der Waals surface area contributed by atoms with Gasteiger partial charge in [-0.1, -0.05) is 0 Å². The van der Waals surface area contributed by atoms with Crippen LogP contribution in [0, 0.1) is 24.0 Å². The third-order valence-corrected chi connectivity index (χ3v) is 5.09. The highest BCUT2D eigenvalue weighted by atomic mass is 32.2. The molecule has 0 spiro atoms. The van der Waals surface area contributed by atoms with Crippen LogP contribution in [0.25, 0.3) is 0 Å². The lowest BCUT2D eigenvalue weighted by molar-refractivity contribution is 0.570. The monoisotopic (exact) mass is 347 g/mol. The minimum absolute atomic E-state index is 0.0504. The van der Waals surface area contributed by atoms with Gasteiger partial charge in [0.05, 0.1) is 5.69 Å². The largest absolute Gasteiger partial charge is 0.370 e. The van der Waals surface area contributed by atoms with Crippen molar-refractivity contribution in [2.24, 2.45) is 0 Å². The predicted octanol–water partition coefficient (Wildman–Crippen LogP) is 4.57. The number of rotatable bonds is 4. The summed E-state index contributed by atoms with van der Waals surface area (Å²) in [7, 11) is 0. The Bertz CT molecular complexity index is 741. The molecule has 0 unspecified atom stereocenters. The molecule has 0 amide bonds.